The molecule has 1 atom stereocenters. The second-order valence-corrected chi connectivity index (χ2v) is 3.25. The highest BCUT2D eigenvalue weighted by atomic mass is 19.4. The zero-order chi connectivity index (χ0) is 13.4. The number of nitrogens with two attached hydrogens (primary N) is 1. The Morgan fingerprint density at radius 2 is 1.59 bits per heavy atom. The van der Waals surface area contributed by atoms with E-state index < -0.39 is 35.3 Å². The highest BCUT2D eigenvalue weighted by Gasteiger charge is 2.42. The van der Waals surface area contributed by atoms with Gasteiger partial charge in [-0.15, -0.1) is 0 Å². The zero-order valence-electron chi connectivity index (χ0n) is 8.10. The van der Waals surface area contributed by atoms with Gasteiger partial charge in [-0.05, 0) is 6.07 Å². The van der Waals surface area contributed by atoms with Crippen LogP contribution in [0.4, 0.5) is 32.0 Å². The molecule has 0 aliphatic carbocycles. The van der Waals surface area contributed by atoms with Gasteiger partial charge in [0, 0.05) is 11.3 Å². The Morgan fingerprint density at radius 1 is 1.06 bits per heavy atom. The number of hydrogen-bond donors (Lipinski definition) is 2. The zero-order valence-corrected chi connectivity index (χ0v) is 8.10. The van der Waals surface area contributed by atoms with Gasteiger partial charge in [-0.2, -0.15) is 26.3 Å². The molecule has 0 aliphatic rings. The second-order valence-electron chi connectivity index (χ2n) is 3.25. The molecule has 0 bridgehead atoms. The summed E-state index contributed by atoms with van der Waals surface area (Å²) in [4.78, 5) is 0. The SMILES string of the molecule is Nc1c(C(O)C(F)(F)F)cccc1C(F)(F)F. The van der Waals surface area contributed by atoms with Crippen LogP contribution < -0.4 is 5.73 Å². The fourth-order valence-corrected chi connectivity index (χ4v) is 1.25. The first-order valence-corrected chi connectivity index (χ1v) is 4.25. The maximum absolute atomic E-state index is 12.3. The van der Waals surface area contributed by atoms with E-state index in [4.69, 9.17) is 10.8 Å². The van der Waals surface area contributed by atoms with Crippen LogP contribution in [0.5, 0.6) is 0 Å². The molecule has 0 heterocycles. The van der Waals surface area contributed by atoms with Crippen molar-refractivity contribution in [2.75, 3.05) is 5.73 Å². The van der Waals surface area contributed by atoms with E-state index >= 15 is 0 Å². The van der Waals surface area contributed by atoms with Crippen molar-refractivity contribution in [3.63, 3.8) is 0 Å². The molecule has 1 aromatic rings. The third-order valence-corrected chi connectivity index (χ3v) is 2.05. The number of rotatable bonds is 1. The van der Waals surface area contributed by atoms with Gasteiger partial charge in [-0.3, -0.25) is 0 Å². The molecule has 0 saturated heterocycles. The topological polar surface area (TPSA) is 46.2 Å². The van der Waals surface area contributed by atoms with Gasteiger partial charge in [0.15, 0.2) is 6.10 Å². The molecule has 17 heavy (non-hydrogen) atoms. The number of halogens is 6. The molecule has 1 aromatic carbocycles. The minimum Gasteiger partial charge on any atom is -0.398 e. The third kappa shape index (κ3) is 2.82. The lowest BCUT2D eigenvalue weighted by Gasteiger charge is -2.19. The number of nitrogen functional groups attached to an aromatic ring is 1. The fourth-order valence-electron chi connectivity index (χ4n) is 1.25. The highest BCUT2D eigenvalue weighted by molar-refractivity contribution is 5.56. The molecule has 0 spiro atoms. The van der Waals surface area contributed by atoms with Crippen molar-refractivity contribution < 1.29 is 31.4 Å². The summed E-state index contributed by atoms with van der Waals surface area (Å²) in [5.74, 6) is 0. The van der Waals surface area contributed by atoms with Crippen LogP contribution in [0.2, 0.25) is 0 Å². The molecule has 0 fully saturated rings. The minimum atomic E-state index is -5.07. The van der Waals surface area contributed by atoms with Crippen molar-refractivity contribution in [2.24, 2.45) is 0 Å². The van der Waals surface area contributed by atoms with Gasteiger partial charge in [0.25, 0.3) is 0 Å². The Hall–Kier alpha value is -1.44. The lowest BCUT2D eigenvalue weighted by atomic mass is 10.0. The van der Waals surface area contributed by atoms with Crippen molar-refractivity contribution in [3.8, 4) is 0 Å². The first-order valence-electron chi connectivity index (χ1n) is 4.25. The van der Waals surface area contributed by atoms with Crippen LogP contribution in [0, 0.1) is 0 Å². The monoisotopic (exact) mass is 259 g/mol. The van der Waals surface area contributed by atoms with E-state index in [2.05, 4.69) is 0 Å². The van der Waals surface area contributed by atoms with Gasteiger partial charge in [-0.1, -0.05) is 12.1 Å². The Kier molecular flexibility index (Phi) is 3.28. The smallest absolute Gasteiger partial charge is 0.398 e. The van der Waals surface area contributed by atoms with Crippen LogP contribution >= 0.6 is 0 Å². The Morgan fingerprint density at radius 3 is 2.00 bits per heavy atom. The number of para-hydroxylation sites is 1. The number of anilines is 1. The van der Waals surface area contributed by atoms with Crippen molar-refractivity contribution >= 4 is 5.69 Å². The molecule has 1 rings (SSSR count). The van der Waals surface area contributed by atoms with E-state index in [1.165, 1.54) is 0 Å². The van der Waals surface area contributed by atoms with E-state index in [9.17, 15) is 26.3 Å². The molecule has 8 heteroatoms. The van der Waals surface area contributed by atoms with Gasteiger partial charge in [0.05, 0.1) is 5.56 Å². The number of hydrogen-bond acceptors (Lipinski definition) is 2. The summed E-state index contributed by atoms with van der Waals surface area (Å²) < 4.78 is 73.5. The molecule has 1 unspecified atom stereocenters. The van der Waals surface area contributed by atoms with Crippen LogP contribution in [-0.2, 0) is 6.18 Å². The Labute approximate surface area is 91.7 Å². The normalized spacial score (nSPS) is 14.8. The summed E-state index contributed by atoms with van der Waals surface area (Å²) in [5, 5.41) is 8.86. The quantitative estimate of drug-likeness (QED) is 0.601. The average Bonchev–Trinajstić information content (AvgIpc) is 2.13. The highest BCUT2D eigenvalue weighted by Crippen LogP contribution is 2.40. The number of alkyl halides is 6. The minimum absolute atomic E-state index is 0.544. The maximum atomic E-state index is 12.3. The molecule has 0 radical (unpaired) electrons. The van der Waals surface area contributed by atoms with Gasteiger partial charge in [0.1, 0.15) is 0 Å². The van der Waals surface area contributed by atoms with Crippen molar-refractivity contribution in [3.05, 3.63) is 29.3 Å². The van der Waals surface area contributed by atoms with Crippen molar-refractivity contribution in [2.45, 2.75) is 18.5 Å². The largest absolute Gasteiger partial charge is 0.418 e. The standard InChI is InChI=1S/C9H7F6NO/c10-8(11,12)5-3-1-2-4(6(5)16)7(17)9(13,14)15/h1-3,7,17H,16H2. The predicted molar refractivity (Wildman–Crippen MR) is 46.9 cm³/mol. The van der Waals surface area contributed by atoms with Crippen LogP contribution in [0.3, 0.4) is 0 Å². The Balaban J connectivity index is 3.30. The molecule has 2 nitrogen and oxygen atoms in total. The summed E-state index contributed by atoms with van der Waals surface area (Å²) in [6.07, 6.45) is -13.0. The molecular formula is C9H7F6NO. The third-order valence-electron chi connectivity index (χ3n) is 2.05. The van der Waals surface area contributed by atoms with Gasteiger partial charge in [0.2, 0.25) is 0 Å². The average molecular weight is 259 g/mol. The molecule has 96 valence electrons. The summed E-state index contributed by atoms with van der Waals surface area (Å²) in [5.41, 5.74) is 1.46. The molecular weight excluding hydrogens is 252 g/mol. The predicted octanol–water partition coefficient (Wildman–Crippen LogP) is 2.88. The fraction of sp³-hybridized carbons (Fsp3) is 0.333. The van der Waals surface area contributed by atoms with Gasteiger partial charge < -0.3 is 10.8 Å². The number of aliphatic hydroxyl groups is 1. The lowest BCUT2D eigenvalue weighted by Crippen LogP contribution is -2.22. The van der Waals surface area contributed by atoms with Crippen LogP contribution in [0.25, 0.3) is 0 Å². The molecule has 0 saturated carbocycles. The second kappa shape index (κ2) is 4.10. The van der Waals surface area contributed by atoms with Crippen LogP contribution in [0.1, 0.15) is 17.2 Å². The van der Waals surface area contributed by atoms with Crippen LogP contribution in [-0.4, -0.2) is 11.3 Å². The van der Waals surface area contributed by atoms with Crippen molar-refractivity contribution in [1.82, 2.24) is 0 Å². The first-order chi connectivity index (χ1) is 7.55. The summed E-state index contributed by atoms with van der Waals surface area (Å²) in [6.45, 7) is 0. The van der Waals surface area contributed by atoms with Gasteiger partial charge in [-0.25, -0.2) is 0 Å². The van der Waals surface area contributed by atoms with Gasteiger partial charge >= 0.3 is 12.4 Å². The number of aliphatic hydroxyl groups excluding tert-OH is 1. The van der Waals surface area contributed by atoms with E-state index in [1.807, 2.05) is 0 Å². The van der Waals surface area contributed by atoms with E-state index in [0.29, 0.717) is 12.1 Å². The molecule has 3 N–H and O–H groups in total. The molecule has 0 aliphatic heterocycles. The molecule has 0 aromatic heterocycles. The number of benzene rings is 1. The first kappa shape index (κ1) is 13.6. The summed E-state index contributed by atoms with van der Waals surface area (Å²) >= 11 is 0. The van der Waals surface area contributed by atoms with E-state index in [1.54, 1.807) is 0 Å². The lowest BCUT2D eigenvalue weighted by molar-refractivity contribution is -0.206. The molecule has 0 amide bonds. The van der Waals surface area contributed by atoms with E-state index in [-0.39, 0.29) is 0 Å². The maximum Gasteiger partial charge on any atom is 0.418 e. The Bertz CT molecular complexity index is 411. The summed E-state index contributed by atoms with van der Waals surface area (Å²) in [6, 6.07) is 1.99. The van der Waals surface area contributed by atoms with Crippen molar-refractivity contribution in [1.29, 1.82) is 0 Å². The van der Waals surface area contributed by atoms with E-state index in [0.717, 1.165) is 6.07 Å². The summed E-state index contributed by atoms with van der Waals surface area (Å²) in [7, 11) is 0. The van der Waals surface area contributed by atoms with Crippen LogP contribution in [0.15, 0.2) is 18.2 Å².